The van der Waals surface area contributed by atoms with Crippen molar-refractivity contribution in [1.29, 1.82) is 0 Å². The number of rotatable bonds is 6. The Hall–Kier alpha value is -3.64. The fraction of sp³-hybridized carbons (Fsp3) is 0. The van der Waals surface area contributed by atoms with Gasteiger partial charge in [0.05, 0.1) is 23.0 Å². The Labute approximate surface area is 166 Å². The zero-order chi connectivity index (χ0) is 19.9. The summed E-state index contributed by atoms with van der Waals surface area (Å²) in [5, 5.41) is 13.4. The molecular weight excluding hydrogens is 380 g/mol. The van der Waals surface area contributed by atoms with E-state index >= 15 is 0 Å². The van der Waals surface area contributed by atoms with E-state index in [-0.39, 0.29) is 5.56 Å². The van der Waals surface area contributed by atoms with E-state index in [1.807, 2.05) is 0 Å². The van der Waals surface area contributed by atoms with Gasteiger partial charge in [0.25, 0.3) is 0 Å². The first-order chi connectivity index (χ1) is 13.5. The first-order valence-corrected chi connectivity index (χ1v) is 8.59. The van der Waals surface area contributed by atoms with E-state index in [1.165, 1.54) is 12.1 Å². The summed E-state index contributed by atoms with van der Waals surface area (Å²) in [6, 6.07) is 19.6. The number of anilines is 1. The van der Waals surface area contributed by atoms with Crippen molar-refractivity contribution in [3.05, 3.63) is 94.5 Å². The molecule has 0 aromatic heterocycles. The Morgan fingerprint density at radius 2 is 1.68 bits per heavy atom. The van der Waals surface area contributed by atoms with Gasteiger partial charge in [0.15, 0.2) is 0 Å². The topological polar surface area (TPSA) is 88.0 Å². The maximum absolute atomic E-state index is 12.1. The van der Waals surface area contributed by atoms with Crippen molar-refractivity contribution >= 4 is 35.4 Å². The molecule has 0 aliphatic heterocycles. The third-order valence-electron chi connectivity index (χ3n) is 3.69. The number of aromatic carboxylic acids is 1. The molecule has 0 atom stereocenters. The summed E-state index contributed by atoms with van der Waals surface area (Å²) in [5.41, 5.74) is 4.84. The number of nitrogens with zero attached hydrogens (tertiary/aromatic N) is 1. The zero-order valence-electron chi connectivity index (χ0n) is 14.5. The molecular formula is C21H15ClN2O4. The maximum Gasteiger partial charge on any atom is 0.343 e. The van der Waals surface area contributed by atoms with E-state index in [1.54, 1.807) is 66.9 Å². The Bertz CT molecular complexity index is 1020. The lowest BCUT2D eigenvalue weighted by molar-refractivity contribution is 0.0694. The molecule has 0 unspecified atom stereocenters. The summed E-state index contributed by atoms with van der Waals surface area (Å²) < 4.78 is 5.31. The molecule has 0 spiro atoms. The summed E-state index contributed by atoms with van der Waals surface area (Å²) in [6.45, 7) is 0. The molecule has 7 heteroatoms. The standard InChI is InChI=1S/C21H15ClN2O4/c22-17-3-1-2-16(12-17)21(27)28-19-10-4-14(5-11-19)13-23-24-18-8-6-15(7-9-18)20(25)26/h1-13,24H,(H,25,26)/b23-13+. The summed E-state index contributed by atoms with van der Waals surface area (Å²) in [4.78, 5) is 22.9. The van der Waals surface area contributed by atoms with Crippen molar-refractivity contribution in [3.8, 4) is 5.75 Å². The Morgan fingerprint density at radius 1 is 0.964 bits per heavy atom. The summed E-state index contributed by atoms with van der Waals surface area (Å²) in [5.74, 6) is -1.07. The number of hydrogen-bond donors (Lipinski definition) is 2. The molecule has 0 radical (unpaired) electrons. The monoisotopic (exact) mass is 394 g/mol. The van der Waals surface area contributed by atoms with Crippen LogP contribution in [0.15, 0.2) is 77.9 Å². The Kier molecular flexibility index (Phi) is 6.04. The van der Waals surface area contributed by atoms with Crippen LogP contribution >= 0.6 is 11.6 Å². The van der Waals surface area contributed by atoms with E-state index in [0.29, 0.717) is 22.0 Å². The first kappa shape index (κ1) is 19.1. The average Bonchev–Trinajstić information content (AvgIpc) is 2.69. The van der Waals surface area contributed by atoms with Gasteiger partial charge in [-0.05, 0) is 72.3 Å². The van der Waals surface area contributed by atoms with Gasteiger partial charge in [0.2, 0.25) is 0 Å². The van der Waals surface area contributed by atoms with Crippen LogP contribution in [-0.2, 0) is 0 Å². The summed E-state index contributed by atoms with van der Waals surface area (Å²) in [6.07, 6.45) is 1.59. The first-order valence-electron chi connectivity index (χ1n) is 8.21. The Balaban J connectivity index is 1.57. The number of benzene rings is 3. The van der Waals surface area contributed by atoms with Crippen molar-refractivity contribution in [3.63, 3.8) is 0 Å². The van der Waals surface area contributed by atoms with Crippen LogP contribution in [0.25, 0.3) is 0 Å². The lowest BCUT2D eigenvalue weighted by Crippen LogP contribution is -2.08. The highest BCUT2D eigenvalue weighted by Gasteiger charge is 2.08. The van der Waals surface area contributed by atoms with E-state index in [4.69, 9.17) is 21.4 Å². The molecule has 0 saturated carbocycles. The molecule has 0 aliphatic carbocycles. The van der Waals surface area contributed by atoms with Crippen LogP contribution in [0.5, 0.6) is 5.75 Å². The second-order valence-corrected chi connectivity index (χ2v) is 6.16. The molecule has 0 bridgehead atoms. The summed E-state index contributed by atoms with van der Waals surface area (Å²) in [7, 11) is 0. The minimum atomic E-state index is -0.980. The number of carboxylic acid groups (broad SMARTS) is 1. The van der Waals surface area contributed by atoms with Gasteiger partial charge < -0.3 is 9.84 Å². The van der Waals surface area contributed by atoms with E-state index in [2.05, 4.69) is 10.5 Å². The molecule has 3 aromatic rings. The number of hydrazone groups is 1. The van der Waals surface area contributed by atoms with Crippen LogP contribution in [0, 0.1) is 0 Å². The lowest BCUT2D eigenvalue weighted by atomic mass is 10.2. The smallest absolute Gasteiger partial charge is 0.343 e. The molecule has 6 nitrogen and oxygen atoms in total. The quantitative estimate of drug-likeness (QED) is 0.274. The number of carbonyl (C=O) groups excluding carboxylic acids is 1. The van der Waals surface area contributed by atoms with Crippen LogP contribution in [0.2, 0.25) is 5.02 Å². The molecule has 2 N–H and O–H groups in total. The highest BCUT2D eigenvalue weighted by Crippen LogP contribution is 2.16. The molecule has 0 fully saturated rings. The predicted molar refractivity (Wildman–Crippen MR) is 107 cm³/mol. The SMILES string of the molecule is O=C(O)c1ccc(N/N=C/c2ccc(OC(=O)c3cccc(Cl)c3)cc2)cc1. The lowest BCUT2D eigenvalue weighted by Gasteiger charge is -2.05. The zero-order valence-corrected chi connectivity index (χ0v) is 15.3. The van der Waals surface area contributed by atoms with Crippen molar-refractivity contribution in [2.45, 2.75) is 0 Å². The molecule has 0 saturated heterocycles. The summed E-state index contributed by atoms with van der Waals surface area (Å²) >= 11 is 5.87. The van der Waals surface area contributed by atoms with E-state index in [0.717, 1.165) is 5.56 Å². The number of nitrogens with one attached hydrogen (secondary N) is 1. The van der Waals surface area contributed by atoms with Gasteiger partial charge in [-0.15, -0.1) is 0 Å². The van der Waals surface area contributed by atoms with Gasteiger partial charge in [-0.1, -0.05) is 17.7 Å². The minimum absolute atomic E-state index is 0.206. The fourth-order valence-electron chi connectivity index (χ4n) is 2.27. The van der Waals surface area contributed by atoms with Crippen molar-refractivity contribution in [2.75, 3.05) is 5.43 Å². The van der Waals surface area contributed by atoms with Crippen molar-refractivity contribution in [1.82, 2.24) is 0 Å². The molecule has 140 valence electrons. The van der Waals surface area contributed by atoms with E-state index in [9.17, 15) is 9.59 Å². The predicted octanol–water partition coefficient (Wildman–Crippen LogP) is 4.70. The molecule has 0 heterocycles. The van der Waals surface area contributed by atoms with Gasteiger partial charge in [0.1, 0.15) is 5.75 Å². The van der Waals surface area contributed by atoms with Gasteiger partial charge in [-0.3, -0.25) is 5.43 Å². The number of hydrogen-bond acceptors (Lipinski definition) is 5. The molecule has 28 heavy (non-hydrogen) atoms. The van der Waals surface area contributed by atoms with Gasteiger partial charge in [0, 0.05) is 5.02 Å². The number of ether oxygens (including phenoxy) is 1. The number of halogens is 1. The van der Waals surface area contributed by atoms with Gasteiger partial charge in [-0.2, -0.15) is 5.10 Å². The molecule has 3 aromatic carbocycles. The van der Waals surface area contributed by atoms with Crippen molar-refractivity contribution in [2.24, 2.45) is 5.10 Å². The second kappa shape index (κ2) is 8.83. The number of carbonyl (C=O) groups is 2. The largest absolute Gasteiger partial charge is 0.478 e. The maximum atomic E-state index is 12.1. The normalized spacial score (nSPS) is 10.6. The highest BCUT2D eigenvalue weighted by molar-refractivity contribution is 6.30. The molecule has 0 aliphatic rings. The number of esters is 1. The molecule has 0 amide bonds. The third kappa shape index (κ3) is 5.18. The minimum Gasteiger partial charge on any atom is -0.478 e. The van der Waals surface area contributed by atoms with Crippen LogP contribution in [0.4, 0.5) is 5.69 Å². The van der Waals surface area contributed by atoms with Gasteiger partial charge in [-0.25, -0.2) is 9.59 Å². The fourth-order valence-corrected chi connectivity index (χ4v) is 2.46. The third-order valence-corrected chi connectivity index (χ3v) is 3.93. The Morgan fingerprint density at radius 3 is 2.32 bits per heavy atom. The second-order valence-electron chi connectivity index (χ2n) is 5.72. The number of carboxylic acids is 1. The molecule has 3 rings (SSSR count). The highest BCUT2D eigenvalue weighted by atomic mass is 35.5. The van der Waals surface area contributed by atoms with Crippen LogP contribution in [0.1, 0.15) is 26.3 Å². The van der Waals surface area contributed by atoms with Crippen LogP contribution in [0.3, 0.4) is 0 Å². The van der Waals surface area contributed by atoms with Gasteiger partial charge >= 0.3 is 11.9 Å². The van der Waals surface area contributed by atoms with Crippen LogP contribution < -0.4 is 10.2 Å². The van der Waals surface area contributed by atoms with Crippen molar-refractivity contribution < 1.29 is 19.4 Å². The van der Waals surface area contributed by atoms with E-state index < -0.39 is 11.9 Å². The average molecular weight is 395 g/mol. The van der Waals surface area contributed by atoms with Crippen LogP contribution in [-0.4, -0.2) is 23.3 Å².